The molecule has 0 unspecified atom stereocenters. The van der Waals surface area contributed by atoms with Gasteiger partial charge in [-0.15, -0.1) is 0 Å². The molecule has 1 amide bonds. The summed E-state index contributed by atoms with van der Waals surface area (Å²) in [6.45, 7) is 1.97. The van der Waals surface area contributed by atoms with Crippen LogP contribution in [0.5, 0.6) is 0 Å². The highest BCUT2D eigenvalue weighted by Crippen LogP contribution is 2.25. The Morgan fingerprint density at radius 3 is 2.55 bits per heavy atom. The molecule has 8 nitrogen and oxygen atoms in total. The third-order valence-corrected chi connectivity index (χ3v) is 7.28. The summed E-state index contributed by atoms with van der Waals surface area (Å²) in [6, 6.07) is 7.03. The molecule has 0 saturated carbocycles. The summed E-state index contributed by atoms with van der Waals surface area (Å²) in [5.74, 6) is -1.38. The molecule has 0 spiro atoms. The van der Waals surface area contributed by atoms with Gasteiger partial charge in [0, 0.05) is 13.1 Å². The minimum atomic E-state index is -3.69. The fraction of sp³-hybridized carbons (Fsp3) is 0.350. The van der Waals surface area contributed by atoms with Gasteiger partial charge in [0.15, 0.2) is 12.4 Å². The highest BCUT2D eigenvalue weighted by Gasteiger charge is 2.26. The third kappa shape index (κ3) is 5.74. The van der Waals surface area contributed by atoms with Gasteiger partial charge in [-0.3, -0.25) is 4.79 Å². The highest BCUT2D eigenvalue weighted by atomic mass is 35.5. The minimum Gasteiger partial charge on any atom is -0.452 e. The molecule has 3 rings (SSSR count). The molecule has 0 radical (unpaired) electrons. The quantitative estimate of drug-likeness (QED) is 0.625. The number of rotatable bonds is 6. The van der Waals surface area contributed by atoms with Gasteiger partial charge in [-0.2, -0.15) is 4.31 Å². The van der Waals surface area contributed by atoms with Gasteiger partial charge in [-0.05, 0) is 44.0 Å². The van der Waals surface area contributed by atoms with Crippen LogP contribution in [-0.2, 0) is 19.6 Å². The molecule has 1 aromatic carbocycles. The Morgan fingerprint density at radius 1 is 1.13 bits per heavy atom. The number of piperidine rings is 1. The van der Waals surface area contributed by atoms with Gasteiger partial charge in [0.2, 0.25) is 10.0 Å². The maximum atomic E-state index is 12.8. The van der Waals surface area contributed by atoms with Crippen molar-refractivity contribution in [2.24, 2.45) is 0 Å². The van der Waals surface area contributed by atoms with Gasteiger partial charge in [0.1, 0.15) is 0 Å². The summed E-state index contributed by atoms with van der Waals surface area (Å²) in [5, 5.41) is 2.94. The molecule has 2 heterocycles. The van der Waals surface area contributed by atoms with Crippen molar-refractivity contribution in [3.8, 4) is 0 Å². The van der Waals surface area contributed by atoms with E-state index in [0.717, 1.165) is 19.3 Å². The fourth-order valence-corrected chi connectivity index (χ4v) is 5.04. The number of aryl methyl sites for hydroxylation is 1. The number of amides is 1. The second kappa shape index (κ2) is 9.95. The van der Waals surface area contributed by atoms with Crippen molar-refractivity contribution in [1.82, 2.24) is 9.29 Å². The van der Waals surface area contributed by atoms with E-state index in [1.165, 1.54) is 34.6 Å². The summed E-state index contributed by atoms with van der Waals surface area (Å²) in [4.78, 5) is 28.5. The number of esters is 1. The Labute approximate surface area is 190 Å². The van der Waals surface area contributed by atoms with E-state index in [-0.39, 0.29) is 21.3 Å². The average Bonchev–Trinajstić information content (AvgIpc) is 2.76. The van der Waals surface area contributed by atoms with Crippen molar-refractivity contribution in [2.75, 3.05) is 25.0 Å². The SMILES string of the molecule is Cc1nc(NC(=O)COC(=O)c2cccc(S(=O)(=O)N3CCCCC3)c2)c(Cl)cc1Cl. The van der Waals surface area contributed by atoms with E-state index in [0.29, 0.717) is 23.8 Å². The van der Waals surface area contributed by atoms with Crippen LogP contribution in [-0.4, -0.2) is 49.3 Å². The van der Waals surface area contributed by atoms with E-state index in [4.69, 9.17) is 27.9 Å². The van der Waals surface area contributed by atoms with Gasteiger partial charge in [0.05, 0.1) is 26.2 Å². The van der Waals surface area contributed by atoms with E-state index in [1.54, 1.807) is 6.92 Å². The van der Waals surface area contributed by atoms with Crippen molar-refractivity contribution < 1.29 is 22.7 Å². The molecule has 2 aromatic rings. The summed E-state index contributed by atoms with van der Waals surface area (Å²) < 4.78 is 32.0. The van der Waals surface area contributed by atoms with Gasteiger partial charge in [-0.1, -0.05) is 35.7 Å². The van der Waals surface area contributed by atoms with E-state index in [2.05, 4.69) is 10.3 Å². The second-order valence-corrected chi connectivity index (χ2v) is 9.76. The van der Waals surface area contributed by atoms with Crippen LogP contribution >= 0.6 is 23.2 Å². The van der Waals surface area contributed by atoms with Crippen molar-refractivity contribution >= 4 is 50.9 Å². The number of carbonyl (C=O) groups is 2. The van der Waals surface area contributed by atoms with Crippen molar-refractivity contribution in [3.63, 3.8) is 0 Å². The third-order valence-electron chi connectivity index (χ3n) is 4.72. The van der Waals surface area contributed by atoms with Crippen LogP contribution in [0, 0.1) is 6.92 Å². The fourth-order valence-electron chi connectivity index (χ4n) is 3.07. The lowest BCUT2D eigenvalue weighted by Crippen LogP contribution is -2.35. The Balaban J connectivity index is 1.64. The maximum Gasteiger partial charge on any atom is 0.338 e. The van der Waals surface area contributed by atoms with Crippen LogP contribution in [0.4, 0.5) is 5.82 Å². The lowest BCUT2D eigenvalue weighted by atomic mass is 10.2. The molecule has 1 fully saturated rings. The first kappa shape index (κ1) is 23.5. The average molecular weight is 486 g/mol. The molecular formula is C20H21Cl2N3O5S. The van der Waals surface area contributed by atoms with E-state index >= 15 is 0 Å². The monoisotopic (exact) mass is 485 g/mol. The largest absolute Gasteiger partial charge is 0.452 e. The van der Waals surface area contributed by atoms with Gasteiger partial charge in [-0.25, -0.2) is 18.2 Å². The Bertz CT molecular complexity index is 1100. The summed E-state index contributed by atoms with van der Waals surface area (Å²) in [7, 11) is -3.69. The Morgan fingerprint density at radius 2 is 1.84 bits per heavy atom. The molecular weight excluding hydrogens is 465 g/mol. The molecule has 31 heavy (non-hydrogen) atoms. The first-order chi connectivity index (χ1) is 14.7. The number of carbonyl (C=O) groups excluding carboxylic acids is 2. The number of benzene rings is 1. The topological polar surface area (TPSA) is 106 Å². The van der Waals surface area contributed by atoms with Crippen molar-refractivity contribution in [2.45, 2.75) is 31.1 Å². The smallest absolute Gasteiger partial charge is 0.338 e. The highest BCUT2D eigenvalue weighted by molar-refractivity contribution is 7.89. The Hall–Kier alpha value is -2.20. The molecule has 0 atom stereocenters. The number of sulfonamides is 1. The number of nitrogens with one attached hydrogen (secondary N) is 1. The lowest BCUT2D eigenvalue weighted by molar-refractivity contribution is -0.119. The number of ether oxygens (including phenoxy) is 1. The molecule has 0 bridgehead atoms. The minimum absolute atomic E-state index is 0.0147. The van der Waals surface area contributed by atoms with Crippen molar-refractivity contribution in [1.29, 1.82) is 0 Å². The summed E-state index contributed by atoms with van der Waals surface area (Å²) in [5.41, 5.74) is 0.509. The second-order valence-electron chi connectivity index (χ2n) is 7.00. The molecule has 1 N–H and O–H groups in total. The number of anilines is 1. The zero-order chi connectivity index (χ0) is 22.6. The van der Waals surface area contributed by atoms with Crippen LogP contribution in [0.2, 0.25) is 10.0 Å². The normalized spacial score (nSPS) is 14.8. The first-order valence-corrected chi connectivity index (χ1v) is 11.8. The zero-order valence-corrected chi connectivity index (χ0v) is 19.1. The number of hydrogen-bond donors (Lipinski definition) is 1. The van der Waals surface area contributed by atoms with Crippen LogP contribution in [0.25, 0.3) is 0 Å². The predicted octanol–water partition coefficient (Wildman–Crippen LogP) is 3.67. The molecule has 0 aliphatic carbocycles. The van der Waals surface area contributed by atoms with Crippen LogP contribution in [0.15, 0.2) is 35.2 Å². The van der Waals surface area contributed by atoms with Gasteiger partial charge < -0.3 is 10.1 Å². The van der Waals surface area contributed by atoms with Crippen molar-refractivity contribution in [3.05, 3.63) is 51.6 Å². The van der Waals surface area contributed by atoms with E-state index < -0.39 is 28.5 Å². The van der Waals surface area contributed by atoms with Crippen LogP contribution in [0.1, 0.15) is 35.3 Å². The number of pyridine rings is 1. The Kier molecular flexibility index (Phi) is 7.53. The number of nitrogens with zero attached hydrogens (tertiary/aromatic N) is 2. The molecule has 166 valence electrons. The summed E-state index contributed by atoms with van der Waals surface area (Å²) >= 11 is 11.9. The number of hydrogen-bond acceptors (Lipinski definition) is 6. The van der Waals surface area contributed by atoms with Gasteiger partial charge >= 0.3 is 5.97 Å². The number of aromatic nitrogens is 1. The standard InChI is InChI=1S/C20H21Cl2N3O5S/c1-13-16(21)11-17(22)19(23-13)24-18(26)12-30-20(27)14-6-5-7-15(10-14)31(28,29)25-8-3-2-4-9-25/h5-7,10-11H,2-4,8-9,12H2,1H3,(H,23,24,26). The summed E-state index contributed by atoms with van der Waals surface area (Å²) in [6.07, 6.45) is 2.61. The molecule has 11 heteroatoms. The molecule has 1 aliphatic rings. The van der Waals surface area contributed by atoms with Crippen LogP contribution < -0.4 is 5.32 Å². The number of halogens is 2. The van der Waals surface area contributed by atoms with E-state index in [9.17, 15) is 18.0 Å². The molecule has 1 aliphatic heterocycles. The lowest BCUT2D eigenvalue weighted by Gasteiger charge is -2.25. The van der Waals surface area contributed by atoms with Crippen LogP contribution in [0.3, 0.4) is 0 Å². The van der Waals surface area contributed by atoms with E-state index in [1.807, 2.05) is 0 Å². The predicted molar refractivity (Wildman–Crippen MR) is 117 cm³/mol. The maximum absolute atomic E-state index is 12.8. The zero-order valence-electron chi connectivity index (χ0n) is 16.7. The van der Waals surface area contributed by atoms with Gasteiger partial charge in [0.25, 0.3) is 5.91 Å². The first-order valence-electron chi connectivity index (χ1n) is 9.58. The molecule has 1 aromatic heterocycles. The molecule has 1 saturated heterocycles.